The highest BCUT2D eigenvalue weighted by atomic mass is 79.9. The number of halogens is 3. The number of benzene rings is 2. The fraction of sp³-hybridized carbons (Fsp3) is 0.417. The lowest BCUT2D eigenvalue weighted by molar-refractivity contribution is -0.116. The molecular formula is C24H26BrCl2N3O2. The molecule has 0 spiro atoms. The molecule has 1 amide bonds. The van der Waals surface area contributed by atoms with E-state index < -0.39 is 6.10 Å². The van der Waals surface area contributed by atoms with Crippen LogP contribution in [0.15, 0.2) is 52.0 Å². The second-order valence-corrected chi connectivity index (χ2v) is 10.1. The molecule has 5 nitrogen and oxygen atoms in total. The Balaban J connectivity index is 1.72. The van der Waals surface area contributed by atoms with Crippen LogP contribution in [-0.4, -0.2) is 28.9 Å². The van der Waals surface area contributed by atoms with Gasteiger partial charge in [0.15, 0.2) is 0 Å². The van der Waals surface area contributed by atoms with Gasteiger partial charge in [-0.15, -0.1) is 0 Å². The maximum Gasteiger partial charge on any atom is 0.268 e. The Morgan fingerprint density at radius 3 is 2.56 bits per heavy atom. The number of hydrogen-bond donors (Lipinski definition) is 2. The molecule has 8 heteroatoms. The van der Waals surface area contributed by atoms with Crippen LogP contribution in [0.4, 0.5) is 5.69 Å². The number of aliphatic hydroxyl groups is 1. The monoisotopic (exact) mass is 537 g/mol. The van der Waals surface area contributed by atoms with Crippen LogP contribution < -0.4 is 10.3 Å². The number of amides is 1. The molecule has 1 heterocycles. The van der Waals surface area contributed by atoms with E-state index in [0.717, 1.165) is 35.7 Å². The lowest BCUT2D eigenvalue weighted by Crippen LogP contribution is -2.48. The molecule has 2 N–H and O–H groups in total. The van der Waals surface area contributed by atoms with Gasteiger partial charge in [0, 0.05) is 15.4 Å². The summed E-state index contributed by atoms with van der Waals surface area (Å²) in [6.45, 7) is 2.06. The fourth-order valence-corrected chi connectivity index (χ4v) is 5.39. The third kappa shape index (κ3) is 4.84. The Bertz CT molecular complexity index is 1010. The Kier molecular flexibility index (Phi) is 7.45. The second kappa shape index (κ2) is 10.1. The SMILES string of the molecule is CC[C@@H]1C(C(=O)N[C@H]2CCCC[C@@H]2O)=NN(c2ccc(Cl)cc2Cl)[C@@H]1c1ccc(Br)cc1. The molecule has 4 atom stereocenters. The van der Waals surface area contributed by atoms with E-state index >= 15 is 0 Å². The number of nitrogens with one attached hydrogen (secondary N) is 1. The minimum Gasteiger partial charge on any atom is -0.391 e. The summed E-state index contributed by atoms with van der Waals surface area (Å²) in [5.41, 5.74) is 2.20. The van der Waals surface area contributed by atoms with Gasteiger partial charge in [-0.25, -0.2) is 0 Å². The second-order valence-electron chi connectivity index (χ2n) is 8.37. The summed E-state index contributed by atoms with van der Waals surface area (Å²) >= 11 is 16.2. The van der Waals surface area contributed by atoms with Crippen molar-refractivity contribution >= 4 is 56.4 Å². The van der Waals surface area contributed by atoms with Crippen LogP contribution in [0.2, 0.25) is 10.0 Å². The van der Waals surface area contributed by atoms with Crippen LogP contribution in [0.25, 0.3) is 0 Å². The number of anilines is 1. The third-order valence-electron chi connectivity index (χ3n) is 6.30. The molecule has 0 saturated heterocycles. The molecule has 170 valence electrons. The maximum atomic E-state index is 13.3. The van der Waals surface area contributed by atoms with E-state index in [9.17, 15) is 9.90 Å². The number of hydrogen-bond acceptors (Lipinski definition) is 4. The zero-order valence-electron chi connectivity index (χ0n) is 17.8. The molecule has 0 bridgehead atoms. The van der Waals surface area contributed by atoms with E-state index in [1.54, 1.807) is 12.1 Å². The first-order valence-electron chi connectivity index (χ1n) is 11.0. The fourth-order valence-electron chi connectivity index (χ4n) is 4.63. The van der Waals surface area contributed by atoms with Gasteiger partial charge in [0.2, 0.25) is 0 Å². The van der Waals surface area contributed by atoms with E-state index in [-0.39, 0.29) is 23.9 Å². The van der Waals surface area contributed by atoms with Crippen molar-refractivity contribution in [3.8, 4) is 0 Å². The molecule has 2 aromatic rings. The van der Waals surface area contributed by atoms with Crippen LogP contribution in [-0.2, 0) is 4.79 Å². The average Bonchev–Trinajstić information content (AvgIpc) is 3.15. The van der Waals surface area contributed by atoms with Crippen molar-refractivity contribution in [1.82, 2.24) is 5.32 Å². The van der Waals surface area contributed by atoms with Crippen molar-refractivity contribution in [3.63, 3.8) is 0 Å². The Labute approximate surface area is 206 Å². The third-order valence-corrected chi connectivity index (χ3v) is 7.36. The zero-order chi connectivity index (χ0) is 22.8. The molecule has 1 aliphatic carbocycles. The van der Waals surface area contributed by atoms with E-state index in [4.69, 9.17) is 28.3 Å². The number of hydrazone groups is 1. The van der Waals surface area contributed by atoms with Gasteiger partial charge in [-0.1, -0.05) is 71.0 Å². The summed E-state index contributed by atoms with van der Waals surface area (Å²) in [6, 6.07) is 12.9. The molecule has 4 rings (SSSR count). The van der Waals surface area contributed by atoms with Gasteiger partial charge in [-0.05, 0) is 55.2 Å². The summed E-state index contributed by atoms with van der Waals surface area (Å²) in [6.07, 6.45) is 3.68. The summed E-state index contributed by atoms with van der Waals surface area (Å²) in [4.78, 5) is 13.3. The highest BCUT2D eigenvalue weighted by Crippen LogP contribution is 2.44. The summed E-state index contributed by atoms with van der Waals surface area (Å²) in [5.74, 6) is -0.360. The molecule has 0 radical (unpaired) electrons. The first-order chi connectivity index (χ1) is 15.4. The molecule has 0 aromatic heterocycles. The smallest absolute Gasteiger partial charge is 0.268 e. The van der Waals surface area contributed by atoms with Gasteiger partial charge < -0.3 is 10.4 Å². The van der Waals surface area contributed by atoms with Crippen molar-refractivity contribution in [2.45, 2.75) is 57.2 Å². The number of nitrogens with zero attached hydrogens (tertiary/aromatic N) is 2. The number of carbonyl (C=O) groups is 1. The molecule has 2 aromatic carbocycles. The highest BCUT2D eigenvalue weighted by molar-refractivity contribution is 9.10. The van der Waals surface area contributed by atoms with Crippen LogP contribution in [0.5, 0.6) is 0 Å². The Hall–Kier alpha value is -1.60. The van der Waals surface area contributed by atoms with Crippen LogP contribution in [0.1, 0.15) is 50.6 Å². The van der Waals surface area contributed by atoms with Crippen LogP contribution >= 0.6 is 39.1 Å². The maximum absolute atomic E-state index is 13.3. The van der Waals surface area contributed by atoms with Gasteiger partial charge in [0.1, 0.15) is 5.71 Å². The van der Waals surface area contributed by atoms with E-state index in [1.807, 2.05) is 35.3 Å². The minimum absolute atomic E-state index is 0.136. The van der Waals surface area contributed by atoms with Gasteiger partial charge in [-0.2, -0.15) is 5.10 Å². The van der Waals surface area contributed by atoms with Crippen molar-refractivity contribution in [2.24, 2.45) is 11.0 Å². The lowest BCUT2D eigenvalue weighted by Gasteiger charge is -2.30. The number of carbonyl (C=O) groups excluding carboxylic acids is 1. The van der Waals surface area contributed by atoms with Crippen LogP contribution in [0, 0.1) is 5.92 Å². The average molecular weight is 539 g/mol. The largest absolute Gasteiger partial charge is 0.391 e. The predicted molar refractivity (Wildman–Crippen MR) is 133 cm³/mol. The summed E-state index contributed by atoms with van der Waals surface area (Å²) < 4.78 is 0.980. The quantitative estimate of drug-likeness (QED) is 0.482. The number of aliphatic hydroxyl groups excluding tert-OH is 1. The van der Waals surface area contributed by atoms with Crippen molar-refractivity contribution < 1.29 is 9.90 Å². The van der Waals surface area contributed by atoms with E-state index in [2.05, 4.69) is 28.2 Å². The highest BCUT2D eigenvalue weighted by Gasteiger charge is 2.42. The zero-order valence-corrected chi connectivity index (χ0v) is 20.9. The molecule has 1 fully saturated rings. The van der Waals surface area contributed by atoms with Gasteiger partial charge in [-0.3, -0.25) is 9.80 Å². The normalized spacial score (nSPS) is 25.5. The molecular weight excluding hydrogens is 513 g/mol. The van der Waals surface area contributed by atoms with Crippen molar-refractivity contribution in [3.05, 3.63) is 62.5 Å². The summed E-state index contributed by atoms with van der Waals surface area (Å²) in [7, 11) is 0. The van der Waals surface area contributed by atoms with Gasteiger partial charge in [0.05, 0.1) is 28.9 Å². The van der Waals surface area contributed by atoms with Crippen LogP contribution in [0.3, 0.4) is 0 Å². The Morgan fingerprint density at radius 1 is 1.19 bits per heavy atom. The standard InChI is InChI=1S/C24H26BrCl2N3O2/c1-2-17-22(24(32)28-19-5-3-4-6-21(19)31)29-30(20-12-11-16(26)13-18(20)27)23(17)14-7-9-15(25)10-8-14/h7-13,17,19,21,23,31H,2-6H2,1H3,(H,28,32)/t17-,19+,21+,23-/m1/s1. The van der Waals surface area contributed by atoms with Gasteiger partial charge in [0.25, 0.3) is 5.91 Å². The minimum atomic E-state index is -0.515. The van der Waals surface area contributed by atoms with E-state index in [1.165, 1.54) is 0 Å². The Morgan fingerprint density at radius 2 is 1.91 bits per heavy atom. The molecule has 0 unspecified atom stereocenters. The van der Waals surface area contributed by atoms with Crippen molar-refractivity contribution in [2.75, 3.05) is 5.01 Å². The molecule has 32 heavy (non-hydrogen) atoms. The number of rotatable bonds is 5. The topological polar surface area (TPSA) is 64.9 Å². The first-order valence-corrected chi connectivity index (χ1v) is 12.5. The molecule has 2 aliphatic rings. The van der Waals surface area contributed by atoms with Gasteiger partial charge >= 0.3 is 0 Å². The first kappa shape index (κ1) is 23.6. The van der Waals surface area contributed by atoms with E-state index in [0.29, 0.717) is 27.9 Å². The van der Waals surface area contributed by atoms with Crippen molar-refractivity contribution in [1.29, 1.82) is 0 Å². The summed E-state index contributed by atoms with van der Waals surface area (Å²) in [5, 5.41) is 21.0. The molecule has 1 saturated carbocycles. The lowest BCUT2D eigenvalue weighted by atomic mass is 9.86. The predicted octanol–water partition coefficient (Wildman–Crippen LogP) is 6.12. The molecule has 1 aliphatic heterocycles.